The molecule has 1 fully saturated rings. The van der Waals surface area contributed by atoms with Gasteiger partial charge in [-0.25, -0.2) is 22.6 Å². The number of benzene rings is 1. The summed E-state index contributed by atoms with van der Waals surface area (Å²) in [6, 6.07) is 3.48. The summed E-state index contributed by atoms with van der Waals surface area (Å²) in [6.07, 6.45) is 0. The van der Waals surface area contributed by atoms with Crippen molar-refractivity contribution in [3.63, 3.8) is 0 Å². The van der Waals surface area contributed by atoms with Gasteiger partial charge in [0.05, 0.1) is 23.7 Å². The Labute approximate surface area is 158 Å². The molecule has 3 nitrogen and oxygen atoms in total. The van der Waals surface area contributed by atoms with Crippen molar-refractivity contribution in [2.45, 2.75) is 44.4 Å². The van der Waals surface area contributed by atoms with E-state index in [2.05, 4.69) is 4.99 Å². The van der Waals surface area contributed by atoms with E-state index in [1.165, 1.54) is 0 Å². The molecular weight excluding hydrogens is 388 g/mol. The van der Waals surface area contributed by atoms with E-state index < -0.39 is 24.3 Å². The number of amidine groups is 1. The van der Waals surface area contributed by atoms with Gasteiger partial charge in [-0.2, -0.15) is 0 Å². The van der Waals surface area contributed by atoms with Gasteiger partial charge in [-0.05, 0) is 31.0 Å². The fourth-order valence-corrected chi connectivity index (χ4v) is 4.10. The first-order valence-electron chi connectivity index (χ1n) is 7.87. The third-order valence-corrected chi connectivity index (χ3v) is 5.85. The predicted molar refractivity (Wildman–Crippen MR) is 99.1 cm³/mol. The van der Waals surface area contributed by atoms with Crippen LogP contribution in [0.4, 0.5) is 23.2 Å². The smallest absolute Gasteiger partial charge is 0.263 e. The zero-order valence-corrected chi connectivity index (χ0v) is 16.5. The van der Waals surface area contributed by atoms with Crippen molar-refractivity contribution < 1.29 is 22.4 Å². The summed E-state index contributed by atoms with van der Waals surface area (Å²) in [5.41, 5.74) is 2.11. The molecule has 0 N–H and O–H groups in total. The largest absolute Gasteiger partial charge is 0.284 e. The van der Waals surface area contributed by atoms with Crippen LogP contribution in [0.25, 0.3) is 0 Å². The molecule has 1 amide bonds. The Bertz CT molecular complexity index is 727. The van der Waals surface area contributed by atoms with Gasteiger partial charge in [-0.1, -0.05) is 17.8 Å². The number of hydrogen-bond acceptors (Lipinski definition) is 4. The maximum Gasteiger partial charge on any atom is 0.263 e. The van der Waals surface area contributed by atoms with Gasteiger partial charge in [0.2, 0.25) is 5.91 Å². The van der Waals surface area contributed by atoms with E-state index in [9.17, 15) is 22.4 Å². The van der Waals surface area contributed by atoms with Crippen LogP contribution in [0.1, 0.15) is 25.0 Å². The highest BCUT2D eigenvalue weighted by Gasteiger charge is 2.35. The molecule has 1 heterocycles. The van der Waals surface area contributed by atoms with Crippen molar-refractivity contribution in [2.24, 2.45) is 4.99 Å². The van der Waals surface area contributed by atoms with Gasteiger partial charge in [0, 0.05) is 18.7 Å². The third kappa shape index (κ3) is 5.90. The molecule has 1 aliphatic heterocycles. The second kappa shape index (κ2) is 7.80. The van der Waals surface area contributed by atoms with Crippen LogP contribution in [0.2, 0.25) is 0 Å². The Kier molecular flexibility index (Phi) is 6.32. The molecule has 1 aliphatic rings. The normalized spacial score (nSPS) is 17.5. The number of halogens is 4. The molecule has 0 bridgehead atoms. The van der Waals surface area contributed by atoms with Gasteiger partial charge in [0.1, 0.15) is 0 Å². The summed E-state index contributed by atoms with van der Waals surface area (Å²) in [6.45, 7) is 4.49. The molecule has 0 saturated carbocycles. The van der Waals surface area contributed by atoms with Crippen LogP contribution in [0.3, 0.4) is 0 Å². The zero-order valence-electron chi connectivity index (χ0n) is 14.9. The second-order valence-electron chi connectivity index (χ2n) is 6.50. The lowest BCUT2D eigenvalue weighted by Crippen LogP contribution is -2.38. The molecular formula is C17H20F4N2OS2. The Morgan fingerprint density at radius 3 is 2.38 bits per heavy atom. The summed E-state index contributed by atoms with van der Waals surface area (Å²) in [7, 11) is 0. The zero-order chi connectivity index (χ0) is 19.7. The van der Waals surface area contributed by atoms with Crippen molar-refractivity contribution in [2.75, 3.05) is 18.1 Å². The van der Waals surface area contributed by atoms with Gasteiger partial charge < -0.3 is 0 Å². The van der Waals surface area contributed by atoms with E-state index in [4.69, 9.17) is 0 Å². The number of aryl methyl sites for hydroxylation is 2. The number of aliphatic imine (C=N–C) groups is 1. The van der Waals surface area contributed by atoms with E-state index in [-0.39, 0.29) is 16.7 Å². The van der Waals surface area contributed by atoms with Crippen molar-refractivity contribution in [3.8, 4) is 0 Å². The summed E-state index contributed by atoms with van der Waals surface area (Å²) < 4.78 is 52.9. The summed E-state index contributed by atoms with van der Waals surface area (Å²) >= 11 is 2.12. The van der Waals surface area contributed by atoms with E-state index >= 15 is 0 Å². The fourth-order valence-electron chi connectivity index (χ4n) is 2.32. The minimum Gasteiger partial charge on any atom is -0.284 e. The highest BCUT2D eigenvalue weighted by Crippen LogP contribution is 2.35. The Hall–Kier alpha value is -1.22. The standard InChI is InChI=1S/C17H20F4N2OS2/c1-10-5-11(2)13(26-9-17(4,20)21)6-12(10)22-15-23(8-16(3,18)19)14(24)7-25-15/h5-6H,7-9H2,1-4H3. The molecule has 2 rings (SSSR count). The van der Waals surface area contributed by atoms with Gasteiger partial charge >= 0.3 is 0 Å². The molecule has 9 heteroatoms. The Balaban J connectivity index is 2.32. The first-order chi connectivity index (χ1) is 11.9. The van der Waals surface area contributed by atoms with Crippen LogP contribution in [-0.4, -0.2) is 45.9 Å². The van der Waals surface area contributed by atoms with E-state index in [1.807, 2.05) is 13.0 Å². The van der Waals surface area contributed by atoms with E-state index in [0.717, 1.165) is 53.4 Å². The molecule has 0 atom stereocenters. The van der Waals surface area contributed by atoms with Gasteiger partial charge in [-0.15, -0.1) is 11.8 Å². The first kappa shape index (κ1) is 21.1. The molecule has 0 aliphatic carbocycles. The SMILES string of the molecule is Cc1cc(C)c(SCC(C)(F)F)cc1N=C1SCC(=O)N1CC(C)(F)F. The monoisotopic (exact) mass is 408 g/mol. The number of carbonyl (C=O) groups excluding carboxylic acids is 1. The number of thioether (sulfide) groups is 2. The average molecular weight is 408 g/mol. The molecule has 1 aromatic carbocycles. The molecule has 0 aromatic heterocycles. The number of amides is 1. The predicted octanol–water partition coefficient (Wildman–Crippen LogP) is 5.27. The third-order valence-electron chi connectivity index (χ3n) is 3.48. The van der Waals surface area contributed by atoms with E-state index in [1.54, 1.807) is 13.0 Å². The van der Waals surface area contributed by atoms with Crippen molar-refractivity contribution in [3.05, 3.63) is 23.3 Å². The van der Waals surface area contributed by atoms with Crippen LogP contribution >= 0.6 is 23.5 Å². The summed E-state index contributed by atoms with van der Waals surface area (Å²) in [4.78, 5) is 17.9. The lowest BCUT2D eigenvalue weighted by atomic mass is 10.1. The lowest BCUT2D eigenvalue weighted by Gasteiger charge is -2.20. The van der Waals surface area contributed by atoms with Crippen LogP contribution in [0.5, 0.6) is 0 Å². The molecule has 26 heavy (non-hydrogen) atoms. The quantitative estimate of drug-likeness (QED) is 0.475. The van der Waals surface area contributed by atoms with Crippen LogP contribution in [-0.2, 0) is 4.79 Å². The number of rotatable bonds is 6. The minimum absolute atomic E-state index is 0.0590. The number of nitrogens with zero attached hydrogens (tertiary/aromatic N) is 2. The van der Waals surface area contributed by atoms with Gasteiger partial charge in [0.15, 0.2) is 5.17 Å². The fraction of sp³-hybridized carbons (Fsp3) is 0.529. The lowest BCUT2D eigenvalue weighted by molar-refractivity contribution is -0.127. The molecule has 1 saturated heterocycles. The molecule has 1 aromatic rings. The van der Waals surface area contributed by atoms with E-state index in [0.29, 0.717) is 10.6 Å². The molecule has 144 valence electrons. The number of alkyl halides is 4. The second-order valence-corrected chi connectivity index (χ2v) is 8.46. The maximum atomic E-state index is 13.3. The first-order valence-corrected chi connectivity index (χ1v) is 9.84. The minimum atomic E-state index is -3.03. The van der Waals surface area contributed by atoms with Crippen LogP contribution in [0.15, 0.2) is 22.0 Å². The van der Waals surface area contributed by atoms with Gasteiger partial charge in [0.25, 0.3) is 11.8 Å². The molecule has 0 spiro atoms. The summed E-state index contributed by atoms with van der Waals surface area (Å²) in [5, 5.41) is 0.209. The van der Waals surface area contributed by atoms with Crippen molar-refractivity contribution in [1.29, 1.82) is 0 Å². The molecule has 0 radical (unpaired) electrons. The van der Waals surface area contributed by atoms with Crippen LogP contribution < -0.4 is 0 Å². The topological polar surface area (TPSA) is 32.7 Å². The highest BCUT2D eigenvalue weighted by atomic mass is 32.2. The number of hydrogen-bond donors (Lipinski definition) is 0. The Morgan fingerprint density at radius 2 is 1.81 bits per heavy atom. The average Bonchev–Trinajstić information content (AvgIpc) is 2.79. The van der Waals surface area contributed by atoms with Crippen molar-refractivity contribution in [1.82, 2.24) is 4.90 Å². The Morgan fingerprint density at radius 1 is 1.15 bits per heavy atom. The van der Waals surface area contributed by atoms with Crippen molar-refractivity contribution >= 4 is 40.3 Å². The highest BCUT2D eigenvalue weighted by molar-refractivity contribution is 8.15. The number of carbonyl (C=O) groups is 1. The molecule has 0 unspecified atom stereocenters. The maximum absolute atomic E-state index is 13.3. The van der Waals surface area contributed by atoms with Crippen LogP contribution in [0, 0.1) is 13.8 Å². The van der Waals surface area contributed by atoms with Gasteiger partial charge in [-0.3, -0.25) is 9.69 Å². The summed E-state index contributed by atoms with van der Waals surface area (Å²) in [5.74, 6) is -6.55.